The molecule has 0 amide bonds. The maximum Gasteiger partial charge on any atom is 0.123 e. The van der Waals surface area contributed by atoms with Crippen LogP contribution in [0.25, 0.3) is 0 Å². The number of nitrogens with one attached hydrogen (secondary N) is 1. The first-order valence-corrected chi connectivity index (χ1v) is 8.59. The van der Waals surface area contributed by atoms with Gasteiger partial charge in [0.15, 0.2) is 0 Å². The van der Waals surface area contributed by atoms with E-state index in [1.807, 2.05) is 30.1 Å². The molecule has 0 bridgehead atoms. The minimum Gasteiger partial charge on any atom is -0.311 e. The van der Waals surface area contributed by atoms with Crippen molar-refractivity contribution in [3.63, 3.8) is 0 Å². The summed E-state index contributed by atoms with van der Waals surface area (Å²) in [4.78, 5) is 1.06. The van der Waals surface area contributed by atoms with Gasteiger partial charge in [-0.15, -0.1) is 11.8 Å². The maximum atomic E-state index is 12.9. The molecule has 1 atom stereocenters. The van der Waals surface area contributed by atoms with Gasteiger partial charge in [0.25, 0.3) is 0 Å². The van der Waals surface area contributed by atoms with Crippen molar-refractivity contribution in [2.75, 3.05) is 12.8 Å². The summed E-state index contributed by atoms with van der Waals surface area (Å²) in [6, 6.07) is 7.07. The zero-order chi connectivity index (χ0) is 15.4. The number of rotatable bonds is 6. The first-order valence-electron chi connectivity index (χ1n) is 6.81. The molecule has 114 valence electrons. The van der Waals surface area contributed by atoms with Crippen LogP contribution in [0.15, 0.2) is 39.8 Å². The van der Waals surface area contributed by atoms with Gasteiger partial charge in [0.05, 0.1) is 22.4 Å². The Kier molecular flexibility index (Phi) is 5.84. The second kappa shape index (κ2) is 7.42. The second-order valence-electron chi connectivity index (χ2n) is 5.02. The summed E-state index contributed by atoms with van der Waals surface area (Å²) >= 11 is 5.28. The van der Waals surface area contributed by atoms with Crippen molar-refractivity contribution in [1.82, 2.24) is 15.1 Å². The van der Waals surface area contributed by atoms with Gasteiger partial charge >= 0.3 is 0 Å². The smallest absolute Gasteiger partial charge is 0.123 e. The third-order valence-corrected chi connectivity index (χ3v) is 4.90. The summed E-state index contributed by atoms with van der Waals surface area (Å²) < 4.78 is 16.0. The van der Waals surface area contributed by atoms with Crippen LogP contribution in [0.1, 0.15) is 31.6 Å². The van der Waals surface area contributed by atoms with Gasteiger partial charge in [-0.1, -0.05) is 0 Å². The summed E-state index contributed by atoms with van der Waals surface area (Å²) in [7, 11) is 1.94. The summed E-state index contributed by atoms with van der Waals surface area (Å²) in [5.41, 5.74) is 1.14. The Labute approximate surface area is 137 Å². The lowest BCUT2D eigenvalue weighted by molar-refractivity contribution is 0.476. The molecule has 2 rings (SSSR count). The van der Waals surface area contributed by atoms with Gasteiger partial charge in [-0.25, -0.2) is 4.39 Å². The van der Waals surface area contributed by atoms with Crippen LogP contribution in [0, 0.1) is 5.82 Å². The van der Waals surface area contributed by atoms with E-state index < -0.39 is 0 Å². The Morgan fingerprint density at radius 1 is 1.33 bits per heavy atom. The average Bonchev–Trinajstić information content (AvgIpc) is 2.84. The molecule has 1 aromatic heterocycles. The molecule has 2 aromatic rings. The maximum absolute atomic E-state index is 12.9. The molecule has 0 saturated carbocycles. The number of benzene rings is 1. The van der Waals surface area contributed by atoms with Gasteiger partial charge in [-0.05, 0) is 61.1 Å². The predicted octanol–water partition coefficient (Wildman–Crippen LogP) is 4.42. The molecule has 0 aliphatic rings. The fourth-order valence-electron chi connectivity index (χ4n) is 2.10. The summed E-state index contributed by atoms with van der Waals surface area (Å²) in [5.74, 6) is 0.643. The average molecular weight is 372 g/mol. The number of hydrogen-bond donors (Lipinski definition) is 1. The van der Waals surface area contributed by atoms with Gasteiger partial charge in [-0.3, -0.25) is 4.68 Å². The molecule has 0 radical (unpaired) electrons. The lowest BCUT2D eigenvalue weighted by Crippen LogP contribution is -2.23. The Hall–Kier alpha value is -0.850. The normalized spacial score (nSPS) is 12.9. The summed E-state index contributed by atoms with van der Waals surface area (Å²) in [5, 5.41) is 7.76. The molecular formula is C15H19BrFN3S. The Balaban J connectivity index is 2.13. The lowest BCUT2D eigenvalue weighted by atomic mass is 10.2. The molecule has 0 spiro atoms. The minimum atomic E-state index is -0.204. The number of nitrogens with zero attached hydrogens (tertiary/aromatic N) is 2. The zero-order valence-corrected chi connectivity index (χ0v) is 14.7. The van der Waals surface area contributed by atoms with Gasteiger partial charge in [0.1, 0.15) is 5.82 Å². The largest absolute Gasteiger partial charge is 0.311 e. The van der Waals surface area contributed by atoms with E-state index in [1.165, 1.54) is 12.1 Å². The molecule has 1 N–H and O–H groups in total. The molecule has 3 nitrogen and oxygen atoms in total. The van der Waals surface area contributed by atoms with Crippen molar-refractivity contribution in [3.05, 3.63) is 46.4 Å². The lowest BCUT2D eigenvalue weighted by Gasteiger charge is -2.20. The fourth-order valence-corrected chi connectivity index (χ4v) is 3.66. The van der Waals surface area contributed by atoms with Gasteiger partial charge in [0.2, 0.25) is 0 Å². The first kappa shape index (κ1) is 16.5. The third-order valence-electron chi connectivity index (χ3n) is 3.18. The fraction of sp³-hybridized carbons (Fsp3) is 0.400. The molecule has 0 aliphatic carbocycles. The summed E-state index contributed by atoms with van der Waals surface area (Å²) in [6.07, 6.45) is 1.84. The Morgan fingerprint density at radius 3 is 2.57 bits per heavy atom. The van der Waals surface area contributed by atoms with E-state index in [0.29, 0.717) is 6.04 Å². The van der Waals surface area contributed by atoms with E-state index in [9.17, 15) is 4.39 Å². The van der Waals surface area contributed by atoms with Crippen molar-refractivity contribution in [1.29, 1.82) is 0 Å². The van der Waals surface area contributed by atoms with Crippen molar-refractivity contribution < 1.29 is 4.39 Å². The standard InChI is InChI=1S/C15H19BrFN3S/c1-10(2)20-15(13(16)8-19-20)14(18-3)9-21-12-6-4-11(17)5-7-12/h4-8,10,14,18H,9H2,1-3H3. The van der Waals surface area contributed by atoms with E-state index in [-0.39, 0.29) is 11.9 Å². The summed E-state index contributed by atoms with van der Waals surface area (Å²) in [6.45, 7) is 4.23. The van der Waals surface area contributed by atoms with E-state index in [4.69, 9.17) is 0 Å². The highest BCUT2D eigenvalue weighted by Gasteiger charge is 2.20. The molecule has 1 heterocycles. The number of aromatic nitrogens is 2. The van der Waals surface area contributed by atoms with E-state index in [2.05, 4.69) is 40.2 Å². The van der Waals surface area contributed by atoms with Crippen molar-refractivity contribution >= 4 is 27.7 Å². The van der Waals surface area contributed by atoms with Crippen LogP contribution in [0.5, 0.6) is 0 Å². The minimum absolute atomic E-state index is 0.166. The molecule has 1 aromatic carbocycles. The number of halogens is 2. The van der Waals surface area contributed by atoms with Crippen LogP contribution >= 0.6 is 27.7 Å². The van der Waals surface area contributed by atoms with Gasteiger partial charge in [0, 0.05) is 16.7 Å². The first-order chi connectivity index (χ1) is 10.0. The van der Waals surface area contributed by atoms with E-state index in [1.54, 1.807) is 11.8 Å². The van der Waals surface area contributed by atoms with Crippen molar-refractivity contribution in [2.45, 2.75) is 30.8 Å². The monoisotopic (exact) mass is 371 g/mol. The van der Waals surface area contributed by atoms with Crippen LogP contribution in [0.3, 0.4) is 0 Å². The molecule has 0 saturated heterocycles. The second-order valence-corrected chi connectivity index (χ2v) is 6.97. The molecule has 6 heteroatoms. The van der Waals surface area contributed by atoms with Crippen molar-refractivity contribution in [2.24, 2.45) is 0 Å². The van der Waals surface area contributed by atoms with E-state index >= 15 is 0 Å². The molecule has 0 aliphatic heterocycles. The highest BCUT2D eigenvalue weighted by Crippen LogP contribution is 2.30. The van der Waals surface area contributed by atoms with Crippen molar-refractivity contribution in [3.8, 4) is 0 Å². The van der Waals surface area contributed by atoms with Crippen LogP contribution in [0.4, 0.5) is 4.39 Å². The Bertz CT molecular complexity index is 583. The highest BCUT2D eigenvalue weighted by molar-refractivity contribution is 9.10. The Morgan fingerprint density at radius 2 is 2.00 bits per heavy atom. The molecular weight excluding hydrogens is 353 g/mol. The number of thioether (sulfide) groups is 1. The van der Waals surface area contributed by atoms with Crippen LogP contribution < -0.4 is 5.32 Å². The quantitative estimate of drug-likeness (QED) is 0.762. The number of hydrogen-bond acceptors (Lipinski definition) is 3. The van der Waals surface area contributed by atoms with Crippen LogP contribution in [-0.4, -0.2) is 22.6 Å². The molecule has 0 fully saturated rings. The van der Waals surface area contributed by atoms with Gasteiger partial charge in [-0.2, -0.15) is 5.10 Å². The van der Waals surface area contributed by atoms with E-state index in [0.717, 1.165) is 20.8 Å². The molecule has 21 heavy (non-hydrogen) atoms. The molecule has 1 unspecified atom stereocenters. The predicted molar refractivity (Wildman–Crippen MR) is 89.2 cm³/mol. The van der Waals surface area contributed by atoms with Crippen LogP contribution in [0.2, 0.25) is 0 Å². The zero-order valence-electron chi connectivity index (χ0n) is 12.3. The third kappa shape index (κ3) is 4.08. The SMILES string of the molecule is CNC(CSc1ccc(F)cc1)c1c(Br)cnn1C(C)C. The van der Waals surface area contributed by atoms with Gasteiger partial charge < -0.3 is 5.32 Å². The van der Waals surface area contributed by atoms with Crippen LogP contribution in [-0.2, 0) is 0 Å². The topological polar surface area (TPSA) is 29.9 Å². The highest BCUT2D eigenvalue weighted by atomic mass is 79.9.